The summed E-state index contributed by atoms with van der Waals surface area (Å²) in [5.74, 6) is 0.930. The molecule has 3 N–H and O–H groups in total. The topological polar surface area (TPSA) is 109 Å². The summed E-state index contributed by atoms with van der Waals surface area (Å²) in [4.78, 5) is 13.7. The Labute approximate surface area is 184 Å². The molecule has 0 radical (unpaired) electrons. The first-order chi connectivity index (χ1) is 15.0. The predicted octanol–water partition coefficient (Wildman–Crippen LogP) is 4.35. The van der Waals surface area contributed by atoms with Gasteiger partial charge in [0, 0.05) is 24.1 Å². The molecule has 2 aliphatic rings. The number of hydrogen-bond donors (Lipinski definition) is 3. The van der Waals surface area contributed by atoms with E-state index < -0.39 is 23.2 Å². The number of benzene rings is 2. The van der Waals surface area contributed by atoms with Crippen LogP contribution in [-0.4, -0.2) is 27.0 Å². The molecule has 0 amide bonds. The molecule has 2 unspecified atom stereocenters. The molecule has 0 fully saturated rings. The van der Waals surface area contributed by atoms with Gasteiger partial charge in [-0.25, -0.2) is 0 Å². The van der Waals surface area contributed by atoms with E-state index in [0.29, 0.717) is 28.4 Å². The molecule has 1 aromatic heterocycles. The van der Waals surface area contributed by atoms with Crippen molar-refractivity contribution >= 4 is 11.0 Å². The van der Waals surface area contributed by atoms with Crippen LogP contribution >= 0.6 is 0 Å². The molecule has 2 aromatic carbocycles. The fourth-order valence-corrected chi connectivity index (χ4v) is 4.31. The van der Waals surface area contributed by atoms with Crippen LogP contribution in [0.1, 0.15) is 44.9 Å². The van der Waals surface area contributed by atoms with E-state index in [-0.39, 0.29) is 34.5 Å². The van der Waals surface area contributed by atoms with Crippen LogP contribution in [0.4, 0.5) is 0 Å². The van der Waals surface area contributed by atoms with Crippen molar-refractivity contribution in [1.29, 1.82) is 0 Å². The highest BCUT2D eigenvalue weighted by molar-refractivity contribution is 5.90. The molecule has 0 spiro atoms. The van der Waals surface area contributed by atoms with Gasteiger partial charge in [-0.15, -0.1) is 0 Å². The lowest BCUT2D eigenvalue weighted by molar-refractivity contribution is -0.0229. The first-order valence-electron chi connectivity index (χ1n) is 10.4. The molecule has 32 heavy (non-hydrogen) atoms. The number of hydrogen-bond acceptors (Lipinski definition) is 7. The van der Waals surface area contributed by atoms with Gasteiger partial charge in [0.2, 0.25) is 5.43 Å². The Bertz CT molecular complexity index is 1350. The van der Waals surface area contributed by atoms with E-state index in [1.54, 1.807) is 32.1 Å². The standard InChI is InChI=1S/C25H24O7/c1-11(2)7-17-21-23(28)20-18(32-24(21)13-6-5-12(26)8-15(13)30-17)10-16-14(22(20)27)9-19(31-16)25(3,4)29/h5-8,10,17,19,26-27,29H,9H2,1-4H3. The van der Waals surface area contributed by atoms with Gasteiger partial charge in [0.05, 0.1) is 16.7 Å². The molecule has 0 bridgehead atoms. The maximum atomic E-state index is 13.7. The number of aliphatic hydroxyl groups is 1. The average molecular weight is 436 g/mol. The minimum atomic E-state index is -1.13. The maximum absolute atomic E-state index is 13.7. The van der Waals surface area contributed by atoms with Crippen LogP contribution in [0.3, 0.4) is 0 Å². The van der Waals surface area contributed by atoms with E-state index in [9.17, 15) is 20.1 Å². The fourth-order valence-electron chi connectivity index (χ4n) is 4.31. The van der Waals surface area contributed by atoms with Crippen molar-refractivity contribution in [2.45, 2.75) is 51.9 Å². The Hall–Kier alpha value is -3.45. The van der Waals surface area contributed by atoms with Crippen LogP contribution in [0.2, 0.25) is 0 Å². The van der Waals surface area contributed by atoms with E-state index in [1.807, 2.05) is 13.8 Å². The molecule has 7 heteroatoms. The lowest BCUT2D eigenvalue weighted by atomic mass is 9.93. The van der Waals surface area contributed by atoms with Crippen LogP contribution in [0.25, 0.3) is 22.3 Å². The largest absolute Gasteiger partial charge is 0.508 e. The number of phenolic OH excluding ortho intramolecular Hbond substituents is 2. The quantitative estimate of drug-likeness (QED) is 0.513. The van der Waals surface area contributed by atoms with Gasteiger partial charge >= 0.3 is 0 Å². The Morgan fingerprint density at radius 1 is 1.12 bits per heavy atom. The number of aromatic hydroxyl groups is 2. The maximum Gasteiger partial charge on any atom is 0.204 e. The van der Waals surface area contributed by atoms with Crippen LogP contribution in [0.5, 0.6) is 23.0 Å². The third kappa shape index (κ3) is 3.04. The fraction of sp³-hybridized carbons (Fsp3) is 0.320. The highest BCUT2D eigenvalue weighted by Crippen LogP contribution is 2.47. The average Bonchev–Trinajstić information content (AvgIpc) is 3.12. The summed E-state index contributed by atoms with van der Waals surface area (Å²) >= 11 is 0. The molecule has 5 rings (SSSR count). The number of ether oxygens (including phenoxy) is 2. The van der Waals surface area contributed by atoms with Crippen molar-refractivity contribution < 1.29 is 29.2 Å². The smallest absolute Gasteiger partial charge is 0.204 e. The van der Waals surface area contributed by atoms with E-state index >= 15 is 0 Å². The first-order valence-corrected chi connectivity index (χ1v) is 10.4. The minimum Gasteiger partial charge on any atom is -0.508 e. The van der Waals surface area contributed by atoms with Crippen molar-refractivity contribution in [2.24, 2.45) is 0 Å². The van der Waals surface area contributed by atoms with Crippen LogP contribution < -0.4 is 14.9 Å². The second-order valence-corrected chi connectivity index (χ2v) is 9.18. The van der Waals surface area contributed by atoms with Crippen molar-refractivity contribution in [3.63, 3.8) is 0 Å². The zero-order chi connectivity index (χ0) is 22.9. The van der Waals surface area contributed by atoms with Crippen LogP contribution in [0.15, 0.2) is 45.1 Å². The zero-order valence-corrected chi connectivity index (χ0v) is 18.2. The predicted molar refractivity (Wildman–Crippen MR) is 118 cm³/mol. The number of fused-ring (bicyclic) bond motifs is 5. The molecule has 0 saturated heterocycles. The second-order valence-electron chi connectivity index (χ2n) is 9.18. The molecular formula is C25H24O7. The summed E-state index contributed by atoms with van der Waals surface area (Å²) in [6.07, 6.45) is 0.771. The molecule has 0 aliphatic carbocycles. The number of rotatable bonds is 2. The normalized spacial score (nSPS) is 18.9. The Morgan fingerprint density at radius 2 is 1.88 bits per heavy atom. The third-order valence-corrected chi connectivity index (χ3v) is 5.94. The SMILES string of the molecule is CC(C)=CC1Oc2cc(O)ccc2-c2oc3cc4c(c(O)c3c(=O)c21)CC(C(C)(C)O)O4. The molecule has 0 saturated carbocycles. The zero-order valence-electron chi connectivity index (χ0n) is 18.2. The van der Waals surface area contributed by atoms with Crippen LogP contribution in [-0.2, 0) is 6.42 Å². The summed E-state index contributed by atoms with van der Waals surface area (Å²) in [6.45, 7) is 7.05. The number of phenols is 2. The van der Waals surface area contributed by atoms with Crippen molar-refractivity contribution in [2.75, 3.05) is 0 Å². The van der Waals surface area contributed by atoms with Gasteiger partial charge in [-0.05, 0) is 45.9 Å². The van der Waals surface area contributed by atoms with Crippen molar-refractivity contribution in [1.82, 2.24) is 0 Å². The Kier molecular flexibility index (Phi) is 4.33. The summed E-state index contributed by atoms with van der Waals surface area (Å²) in [7, 11) is 0. The van der Waals surface area contributed by atoms with Gasteiger partial charge in [0.1, 0.15) is 51.9 Å². The lowest BCUT2D eigenvalue weighted by Gasteiger charge is -2.26. The van der Waals surface area contributed by atoms with E-state index in [1.165, 1.54) is 12.1 Å². The molecule has 3 aromatic rings. The Balaban J connectivity index is 1.80. The Morgan fingerprint density at radius 3 is 2.56 bits per heavy atom. The van der Waals surface area contributed by atoms with Gasteiger partial charge in [0.15, 0.2) is 0 Å². The molecular weight excluding hydrogens is 412 g/mol. The highest BCUT2D eigenvalue weighted by atomic mass is 16.5. The third-order valence-electron chi connectivity index (χ3n) is 5.94. The van der Waals surface area contributed by atoms with Crippen molar-refractivity contribution in [3.8, 4) is 34.3 Å². The summed E-state index contributed by atoms with van der Waals surface area (Å²) < 4.78 is 18.1. The van der Waals surface area contributed by atoms with Gasteiger partial charge < -0.3 is 29.2 Å². The van der Waals surface area contributed by atoms with E-state index in [4.69, 9.17) is 13.9 Å². The molecule has 2 aliphatic heterocycles. The lowest BCUT2D eigenvalue weighted by Crippen LogP contribution is -2.39. The number of allylic oxidation sites excluding steroid dienone is 1. The van der Waals surface area contributed by atoms with Gasteiger partial charge in [0.25, 0.3) is 0 Å². The van der Waals surface area contributed by atoms with Crippen LogP contribution in [0, 0.1) is 0 Å². The minimum absolute atomic E-state index is 0.0350. The van der Waals surface area contributed by atoms with E-state index in [2.05, 4.69) is 0 Å². The second kappa shape index (κ2) is 6.77. The van der Waals surface area contributed by atoms with Crippen molar-refractivity contribution in [3.05, 3.63) is 57.3 Å². The molecule has 7 nitrogen and oxygen atoms in total. The first kappa shape index (κ1) is 20.5. The van der Waals surface area contributed by atoms with Gasteiger partial charge in [-0.1, -0.05) is 5.57 Å². The monoisotopic (exact) mass is 436 g/mol. The highest BCUT2D eigenvalue weighted by Gasteiger charge is 2.39. The molecule has 166 valence electrons. The molecule has 2 atom stereocenters. The summed E-state index contributed by atoms with van der Waals surface area (Å²) in [5.41, 5.74) is 0.877. The van der Waals surface area contributed by atoms with Gasteiger partial charge in [-0.2, -0.15) is 0 Å². The summed E-state index contributed by atoms with van der Waals surface area (Å²) in [6, 6.07) is 6.19. The van der Waals surface area contributed by atoms with E-state index in [0.717, 1.165) is 5.57 Å². The molecule has 3 heterocycles. The van der Waals surface area contributed by atoms with Gasteiger partial charge in [-0.3, -0.25) is 4.79 Å². The summed E-state index contributed by atoms with van der Waals surface area (Å²) in [5, 5.41) is 31.3.